The van der Waals surface area contributed by atoms with E-state index in [9.17, 15) is 5.26 Å². The Labute approximate surface area is 126 Å². The summed E-state index contributed by atoms with van der Waals surface area (Å²) in [6.45, 7) is 12.0. The maximum absolute atomic E-state index is 9.29. The summed E-state index contributed by atoms with van der Waals surface area (Å²) in [6, 6.07) is 4.16. The van der Waals surface area contributed by atoms with Crippen LogP contribution in [0, 0.1) is 11.3 Å². The van der Waals surface area contributed by atoms with Crippen molar-refractivity contribution in [2.75, 3.05) is 5.32 Å². The molecule has 0 saturated carbocycles. The van der Waals surface area contributed by atoms with Crippen LogP contribution in [0.4, 0.5) is 5.82 Å². The molecule has 2 heterocycles. The SMILES string of the molecule is CC(C)Nc1ncc(B2OC(C)(C)C(C)(C)O2)cc1C#N. The highest BCUT2D eigenvalue weighted by atomic mass is 16.7. The van der Waals surface area contributed by atoms with Gasteiger partial charge < -0.3 is 14.6 Å². The second-order valence-corrected chi connectivity index (χ2v) is 6.66. The molecular formula is C15H22BN3O2. The van der Waals surface area contributed by atoms with Crippen molar-refractivity contribution in [1.82, 2.24) is 4.98 Å². The first-order valence-corrected chi connectivity index (χ1v) is 7.18. The molecule has 2 rings (SSSR count). The predicted molar refractivity (Wildman–Crippen MR) is 83.4 cm³/mol. The molecule has 1 fully saturated rings. The fraction of sp³-hybridized carbons (Fsp3) is 0.600. The van der Waals surface area contributed by atoms with Gasteiger partial charge in [-0.1, -0.05) is 0 Å². The number of nitrogens with zero attached hydrogens (tertiary/aromatic N) is 2. The quantitative estimate of drug-likeness (QED) is 0.862. The lowest BCUT2D eigenvalue weighted by Crippen LogP contribution is -2.41. The molecule has 0 aromatic carbocycles. The molecule has 1 N–H and O–H groups in total. The lowest BCUT2D eigenvalue weighted by Gasteiger charge is -2.32. The molecular weight excluding hydrogens is 265 g/mol. The Bertz CT molecular complexity index is 563. The Morgan fingerprint density at radius 2 is 1.81 bits per heavy atom. The van der Waals surface area contributed by atoms with Crippen LogP contribution in [-0.4, -0.2) is 29.3 Å². The van der Waals surface area contributed by atoms with Gasteiger partial charge in [-0.25, -0.2) is 4.98 Å². The molecule has 21 heavy (non-hydrogen) atoms. The molecule has 6 heteroatoms. The molecule has 5 nitrogen and oxygen atoms in total. The van der Waals surface area contributed by atoms with Gasteiger partial charge in [-0.05, 0) is 47.6 Å². The summed E-state index contributed by atoms with van der Waals surface area (Å²) in [6.07, 6.45) is 1.70. The summed E-state index contributed by atoms with van der Waals surface area (Å²) in [5.41, 5.74) is 0.453. The minimum absolute atomic E-state index is 0.215. The van der Waals surface area contributed by atoms with Gasteiger partial charge in [0, 0.05) is 17.7 Å². The van der Waals surface area contributed by atoms with E-state index in [4.69, 9.17) is 9.31 Å². The Hall–Kier alpha value is -1.58. The van der Waals surface area contributed by atoms with Crippen LogP contribution in [0.3, 0.4) is 0 Å². The molecule has 0 amide bonds. The zero-order valence-electron chi connectivity index (χ0n) is 13.5. The number of hydrogen-bond acceptors (Lipinski definition) is 5. The van der Waals surface area contributed by atoms with E-state index in [2.05, 4.69) is 16.4 Å². The zero-order chi connectivity index (χ0) is 15.8. The van der Waals surface area contributed by atoms with E-state index in [0.717, 1.165) is 5.46 Å². The molecule has 0 aliphatic carbocycles. The highest BCUT2D eigenvalue weighted by molar-refractivity contribution is 6.62. The highest BCUT2D eigenvalue weighted by Crippen LogP contribution is 2.36. The van der Waals surface area contributed by atoms with Crippen LogP contribution in [0.1, 0.15) is 47.1 Å². The first-order chi connectivity index (χ1) is 9.66. The topological polar surface area (TPSA) is 67.2 Å². The van der Waals surface area contributed by atoms with Crippen molar-refractivity contribution < 1.29 is 9.31 Å². The zero-order valence-corrected chi connectivity index (χ0v) is 13.5. The fourth-order valence-electron chi connectivity index (χ4n) is 2.06. The van der Waals surface area contributed by atoms with Crippen molar-refractivity contribution in [3.05, 3.63) is 17.8 Å². The van der Waals surface area contributed by atoms with Crippen LogP contribution in [-0.2, 0) is 9.31 Å². The third kappa shape index (κ3) is 3.04. The Kier molecular flexibility index (Phi) is 4.01. The molecule has 112 valence electrons. The van der Waals surface area contributed by atoms with Gasteiger partial charge in [-0.15, -0.1) is 0 Å². The van der Waals surface area contributed by atoms with E-state index >= 15 is 0 Å². The van der Waals surface area contributed by atoms with Crippen molar-refractivity contribution in [2.45, 2.75) is 58.8 Å². The fourth-order valence-corrected chi connectivity index (χ4v) is 2.06. The molecule has 1 aromatic heterocycles. The maximum Gasteiger partial charge on any atom is 0.496 e. The van der Waals surface area contributed by atoms with Crippen molar-refractivity contribution in [3.8, 4) is 6.07 Å². The van der Waals surface area contributed by atoms with Crippen molar-refractivity contribution >= 4 is 18.4 Å². The second-order valence-electron chi connectivity index (χ2n) is 6.66. The third-order valence-corrected chi connectivity index (χ3v) is 3.98. The highest BCUT2D eigenvalue weighted by Gasteiger charge is 2.51. The van der Waals surface area contributed by atoms with Crippen LogP contribution >= 0.6 is 0 Å². The predicted octanol–water partition coefficient (Wildman–Crippen LogP) is 2.07. The molecule has 0 spiro atoms. The number of hydrogen-bond donors (Lipinski definition) is 1. The smallest absolute Gasteiger partial charge is 0.399 e. The van der Waals surface area contributed by atoms with Crippen molar-refractivity contribution in [1.29, 1.82) is 5.26 Å². The normalized spacial score (nSPS) is 19.6. The van der Waals surface area contributed by atoms with Gasteiger partial charge in [0.05, 0.1) is 16.8 Å². The van der Waals surface area contributed by atoms with Gasteiger partial charge in [0.1, 0.15) is 11.9 Å². The van der Waals surface area contributed by atoms with Gasteiger partial charge in [-0.2, -0.15) is 5.26 Å². The summed E-state index contributed by atoms with van der Waals surface area (Å²) in [4.78, 5) is 4.34. The number of nitrogens with one attached hydrogen (secondary N) is 1. The van der Waals surface area contributed by atoms with E-state index in [1.54, 1.807) is 12.3 Å². The average molecular weight is 287 g/mol. The molecule has 0 atom stereocenters. The standard InChI is InChI=1S/C15H22BN3O2/c1-10(2)19-13-11(8-17)7-12(9-18-13)16-20-14(3,4)15(5,6)21-16/h7,9-10H,1-6H3,(H,18,19). The molecule has 0 bridgehead atoms. The summed E-state index contributed by atoms with van der Waals surface area (Å²) >= 11 is 0. The number of nitriles is 1. The van der Waals surface area contributed by atoms with Gasteiger partial charge in [-0.3, -0.25) is 0 Å². The van der Waals surface area contributed by atoms with E-state index < -0.39 is 18.3 Å². The maximum atomic E-state index is 9.29. The van der Waals surface area contributed by atoms with Gasteiger partial charge >= 0.3 is 7.12 Å². The summed E-state index contributed by atoms with van der Waals surface area (Å²) in [5, 5.41) is 12.5. The van der Waals surface area contributed by atoms with Crippen LogP contribution in [0.2, 0.25) is 0 Å². The number of pyridine rings is 1. The Morgan fingerprint density at radius 3 is 2.29 bits per heavy atom. The Morgan fingerprint density at radius 1 is 1.24 bits per heavy atom. The molecule has 0 unspecified atom stereocenters. The minimum atomic E-state index is -0.498. The Balaban J connectivity index is 2.29. The number of aromatic nitrogens is 1. The van der Waals surface area contributed by atoms with E-state index in [1.165, 1.54) is 0 Å². The van der Waals surface area contributed by atoms with Gasteiger partial charge in [0.15, 0.2) is 0 Å². The molecule has 1 aliphatic heterocycles. The van der Waals surface area contributed by atoms with Crippen molar-refractivity contribution in [2.24, 2.45) is 0 Å². The lowest BCUT2D eigenvalue weighted by molar-refractivity contribution is 0.00578. The lowest BCUT2D eigenvalue weighted by atomic mass is 9.79. The van der Waals surface area contributed by atoms with Crippen LogP contribution in [0.25, 0.3) is 0 Å². The summed E-state index contributed by atoms with van der Waals surface area (Å²) in [7, 11) is -0.498. The summed E-state index contributed by atoms with van der Waals surface area (Å²) in [5.74, 6) is 0.591. The van der Waals surface area contributed by atoms with E-state index in [1.807, 2.05) is 41.5 Å². The van der Waals surface area contributed by atoms with Crippen LogP contribution in [0.15, 0.2) is 12.3 Å². The van der Waals surface area contributed by atoms with Crippen molar-refractivity contribution in [3.63, 3.8) is 0 Å². The molecule has 1 aliphatic rings. The van der Waals surface area contributed by atoms with E-state index in [-0.39, 0.29) is 6.04 Å². The number of anilines is 1. The average Bonchev–Trinajstić information content (AvgIpc) is 2.58. The third-order valence-electron chi connectivity index (χ3n) is 3.98. The summed E-state index contributed by atoms with van der Waals surface area (Å²) < 4.78 is 12.0. The first-order valence-electron chi connectivity index (χ1n) is 7.18. The minimum Gasteiger partial charge on any atom is -0.399 e. The monoisotopic (exact) mass is 287 g/mol. The largest absolute Gasteiger partial charge is 0.496 e. The van der Waals surface area contributed by atoms with Gasteiger partial charge in [0.25, 0.3) is 0 Å². The van der Waals surface area contributed by atoms with Gasteiger partial charge in [0.2, 0.25) is 0 Å². The second kappa shape index (κ2) is 5.32. The molecule has 0 radical (unpaired) electrons. The van der Waals surface area contributed by atoms with Crippen LogP contribution in [0.5, 0.6) is 0 Å². The first kappa shape index (κ1) is 15.8. The number of rotatable bonds is 3. The van der Waals surface area contributed by atoms with Crippen LogP contribution < -0.4 is 10.8 Å². The van der Waals surface area contributed by atoms with E-state index in [0.29, 0.717) is 11.4 Å². The molecule has 1 aromatic rings. The molecule has 1 saturated heterocycles.